The van der Waals surface area contributed by atoms with Gasteiger partial charge >= 0.3 is 0 Å². The second-order valence-electron chi connectivity index (χ2n) is 7.35. The summed E-state index contributed by atoms with van der Waals surface area (Å²) in [6.45, 7) is 6.12. The number of nitrogens with one attached hydrogen (secondary N) is 2. The lowest BCUT2D eigenvalue weighted by Gasteiger charge is -2.28. The van der Waals surface area contributed by atoms with Gasteiger partial charge in [-0.3, -0.25) is 4.79 Å². The largest absolute Gasteiger partial charge is 0.378 e. The predicted molar refractivity (Wildman–Crippen MR) is 119 cm³/mol. The summed E-state index contributed by atoms with van der Waals surface area (Å²) in [6.07, 6.45) is 0.370. The van der Waals surface area contributed by atoms with Crippen LogP contribution in [0.3, 0.4) is 0 Å². The number of carbonyl (C=O) groups excluding carboxylic acids is 1. The molecule has 1 aliphatic rings. The summed E-state index contributed by atoms with van der Waals surface area (Å²) in [5, 5.41) is 8.55. The molecule has 1 aliphatic heterocycles. The van der Waals surface area contributed by atoms with Crippen LogP contribution >= 0.6 is 0 Å². The molecule has 0 bridgehead atoms. The summed E-state index contributed by atoms with van der Waals surface area (Å²) < 4.78 is 5.41. The average Bonchev–Trinajstić information content (AvgIpc) is 2.77. The van der Waals surface area contributed by atoms with Crippen molar-refractivity contribution in [3.8, 4) is 0 Å². The number of aryl methyl sites for hydroxylation is 1. The number of nitrogens with zero attached hydrogens (tertiary/aromatic N) is 3. The number of ether oxygens (including phenoxy) is 1. The van der Waals surface area contributed by atoms with E-state index in [1.54, 1.807) is 0 Å². The van der Waals surface area contributed by atoms with Crippen molar-refractivity contribution >= 4 is 28.3 Å². The summed E-state index contributed by atoms with van der Waals surface area (Å²) in [5.41, 5.74) is 1.04. The van der Waals surface area contributed by atoms with E-state index in [4.69, 9.17) is 4.74 Å². The van der Waals surface area contributed by atoms with Crippen molar-refractivity contribution in [2.75, 3.05) is 49.6 Å². The molecule has 1 saturated heterocycles. The monoisotopic (exact) mass is 405 g/mol. The third kappa shape index (κ3) is 5.04. The predicted octanol–water partition coefficient (Wildman–Crippen LogP) is 2.55. The van der Waals surface area contributed by atoms with E-state index in [2.05, 4.69) is 43.7 Å². The second-order valence-corrected chi connectivity index (χ2v) is 7.35. The maximum atomic E-state index is 12.4. The molecule has 1 aromatic heterocycles. The van der Waals surface area contributed by atoms with Crippen molar-refractivity contribution in [1.29, 1.82) is 0 Å². The molecule has 2 N–H and O–H groups in total. The molecule has 0 spiro atoms. The Kier molecular flexibility index (Phi) is 6.39. The standard InChI is InChI=1S/C23H27N5O2/c1-17-26-21(16-22(27-17)28-11-13-30-14-12-28)24-9-10-25-23(29)15-19-7-4-6-18-5-2-3-8-20(18)19/h2-8,16H,9-15H2,1H3,(H,25,29)(H,24,26,27). The Hall–Kier alpha value is -3.19. The number of amides is 1. The fraction of sp³-hybridized carbons (Fsp3) is 0.348. The molecule has 1 fully saturated rings. The lowest BCUT2D eigenvalue weighted by Crippen LogP contribution is -2.37. The van der Waals surface area contributed by atoms with Crippen LogP contribution in [0.1, 0.15) is 11.4 Å². The highest BCUT2D eigenvalue weighted by atomic mass is 16.5. The minimum Gasteiger partial charge on any atom is -0.378 e. The molecular formula is C23H27N5O2. The van der Waals surface area contributed by atoms with E-state index in [1.807, 2.05) is 37.3 Å². The van der Waals surface area contributed by atoms with Gasteiger partial charge in [-0.25, -0.2) is 9.97 Å². The van der Waals surface area contributed by atoms with Crippen LogP contribution < -0.4 is 15.5 Å². The minimum absolute atomic E-state index is 0.0148. The topological polar surface area (TPSA) is 79.4 Å². The summed E-state index contributed by atoms with van der Waals surface area (Å²) in [4.78, 5) is 23.6. The maximum absolute atomic E-state index is 12.4. The van der Waals surface area contributed by atoms with Gasteiger partial charge in [0, 0.05) is 32.2 Å². The average molecular weight is 406 g/mol. The molecule has 3 aromatic rings. The second kappa shape index (κ2) is 9.54. The third-order valence-corrected chi connectivity index (χ3v) is 5.14. The molecule has 0 radical (unpaired) electrons. The normalized spacial score (nSPS) is 14.0. The number of hydrogen-bond donors (Lipinski definition) is 2. The number of anilines is 2. The molecule has 0 aliphatic carbocycles. The number of aromatic nitrogens is 2. The van der Waals surface area contributed by atoms with Crippen molar-refractivity contribution in [2.45, 2.75) is 13.3 Å². The van der Waals surface area contributed by atoms with Gasteiger partial charge in [0.1, 0.15) is 17.5 Å². The Morgan fingerprint density at radius 3 is 2.73 bits per heavy atom. The highest BCUT2D eigenvalue weighted by molar-refractivity contribution is 5.90. The van der Waals surface area contributed by atoms with E-state index in [-0.39, 0.29) is 5.91 Å². The molecule has 7 heteroatoms. The molecule has 2 aromatic carbocycles. The van der Waals surface area contributed by atoms with E-state index in [0.717, 1.165) is 46.9 Å². The lowest BCUT2D eigenvalue weighted by molar-refractivity contribution is -0.120. The smallest absolute Gasteiger partial charge is 0.224 e. The van der Waals surface area contributed by atoms with Gasteiger partial charge in [0.15, 0.2) is 0 Å². The van der Waals surface area contributed by atoms with Crippen molar-refractivity contribution < 1.29 is 9.53 Å². The maximum Gasteiger partial charge on any atom is 0.224 e. The summed E-state index contributed by atoms with van der Waals surface area (Å²) in [5.74, 6) is 2.42. The van der Waals surface area contributed by atoms with Crippen molar-refractivity contribution in [2.24, 2.45) is 0 Å². The van der Waals surface area contributed by atoms with E-state index < -0.39 is 0 Å². The third-order valence-electron chi connectivity index (χ3n) is 5.14. The fourth-order valence-corrected chi connectivity index (χ4v) is 3.67. The molecule has 0 atom stereocenters. The quantitative estimate of drug-likeness (QED) is 0.588. The molecule has 30 heavy (non-hydrogen) atoms. The number of morpholine rings is 1. The summed E-state index contributed by atoms with van der Waals surface area (Å²) in [6, 6.07) is 16.2. The van der Waals surface area contributed by atoms with E-state index >= 15 is 0 Å². The zero-order chi connectivity index (χ0) is 20.8. The van der Waals surface area contributed by atoms with Crippen LogP contribution in [-0.2, 0) is 16.0 Å². The number of hydrogen-bond acceptors (Lipinski definition) is 6. The first-order valence-corrected chi connectivity index (χ1v) is 10.3. The van der Waals surface area contributed by atoms with Crippen molar-refractivity contribution in [1.82, 2.24) is 15.3 Å². The number of carbonyl (C=O) groups is 1. The van der Waals surface area contributed by atoms with Gasteiger partial charge in [-0.15, -0.1) is 0 Å². The molecule has 1 amide bonds. The molecule has 4 rings (SSSR count). The molecule has 2 heterocycles. The number of benzene rings is 2. The van der Waals surface area contributed by atoms with Gasteiger partial charge in [-0.1, -0.05) is 42.5 Å². The van der Waals surface area contributed by atoms with Gasteiger partial charge in [0.05, 0.1) is 19.6 Å². The fourth-order valence-electron chi connectivity index (χ4n) is 3.67. The summed E-state index contributed by atoms with van der Waals surface area (Å²) in [7, 11) is 0. The van der Waals surface area contributed by atoms with E-state index in [1.165, 1.54) is 0 Å². The van der Waals surface area contributed by atoms with Crippen LogP contribution in [-0.4, -0.2) is 55.3 Å². The van der Waals surface area contributed by atoms with Gasteiger partial charge in [0.25, 0.3) is 0 Å². The number of rotatable bonds is 7. The zero-order valence-corrected chi connectivity index (χ0v) is 17.2. The van der Waals surface area contributed by atoms with Gasteiger partial charge < -0.3 is 20.3 Å². The Bertz CT molecular complexity index is 1010. The highest BCUT2D eigenvalue weighted by Crippen LogP contribution is 2.19. The molecular weight excluding hydrogens is 378 g/mol. The van der Waals surface area contributed by atoms with Crippen molar-refractivity contribution in [3.63, 3.8) is 0 Å². The SMILES string of the molecule is Cc1nc(NCCNC(=O)Cc2cccc3ccccc23)cc(N2CCOCC2)n1. The molecule has 0 unspecified atom stereocenters. The van der Waals surface area contributed by atoms with Gasteiger partial charge in [-0.05, 0) is 23.3 Å². The Balaban J connectivity index is 1.28. The first-order chi connectivity index (χ1) is 14.7. The molecule has 0 saturated carbocycles. The van der Waals surface area contributed by atoms with Gasteiger partial charge in [-0.2, -0.15) is 0 Å². The van der Waals surface area contributed by atoms with Crippen LogP contribution in [0.15, 0.2) is 48.5 Å². The van der Waals surface area contributed by atoms with Crippen LogP contribution in [0.4, 0.5) is 11.6 Å². The highest BCUT2D eigenvalue weighted by Gasteiger charge is 2.14. The lowest BCUT2D eigenvalue weighted by atomic mass is 10.0. The molecule has 7 nitrogen and oxygen atoms in total. The van der Waals surface area contributed by atoms with E-state index in [0.29, 0.717) is 32.7 Å². The van der Waals surface area contributed by atoms with Crippen LogP contribution in [0.25, 0.3) is 10.8 Å². The van der Waals surface area contributed by atoms with Crippen LogP contribution in [0.5, 0.6) is 0 Å². The minimum atomic E-state index is 0.0148. The Morgan fingerprint density at radius 1 is 1.07 bits per heavy atom. The first-order valence-electron chi connectivity index (χ1n) is 10.3. The Labute approximate surface area is 176 Å². The van der Waals surface area contributed by atoms with E-state index in [9.17, 15) is 4.79 Å². The van der Waals surface area contributed by atoms with Crippen LogP contribution in [0.2, 0.25) is 0 Å². The Morgan fingerprint density at radius 2 is 1.87 bits per heavy atom. The van der Waals surface area contributed by atoms with Crippen LogP contribution in [0, 0.1) is 6.92 Å². The number of fused-ring (bicyclic) bond motifs is 1. The molecule has 156 valence electrons. The first kappa shape index (κ1) is 20.1. The van der Waals surface area contributed by atoms with Gasteiger partial charge in [0.2, 0.25) is 5.91 Å². The van der Waals surface area contributed by atoms with Crippen molar-refractivity contribution in [3.05, 3.63) is 59.9 Å². The summed E-state index contributed by atoms with van der Waals surface area (Å²) >= 11 is 0. The zero-order valence-electron chi connectivity index (χ0n) is 17.2.